The Hall–Kier alpha value is -1.11. The highest BCUT2D eigenvalue weighted by atomic mass is 79.9. The second-order valence-corrected chi connectivity index (χ2v) is 4.80. The quantitative estimate of drug-likeness (QED) is 0.889. The Kier molecular flexibility index (Phi) is 4.57. The minimum absolute atomic E-state index is 0.0386. The summed E-state index contributed by atoms with van der Waals surface area (Å²) < 4.78 is 11.3. The molecule has 0 aliphatic carbocycles. The van der Waals surface area contributed by atoms with E-state index in [1.807, 2.05) is 0 Å². The molecule has 0 saturated carbocycles. The molecule has 2 rings (SSSR count). The second kappa shape index (κ2) is 6.17. The van der Waals surface area contributed by atoms with Crippen molar-refractivity contribution in [2.45, 2.75) is 6.10 Å². The second-order valence-electron chi connectivity index (χ2n) is 3.95. The van der Waals surface area contributed by atoms with E-state index in [0.717, 1.165) is 5.69 Å². The summed E-state index contributed by atoms with van der Waals surface area (Å²) in [6.07, 6.45) is 0.0386. The summed E-state index contributed by atoms with van der Waals surface area (Å²) in [5.41, 5.74) is 1.10. The van der Waals surface area contributed by atoms with E-state index in [9.17, 15) is 4.79 Å². The van der Waals surface area contributed by atoms with E-state index >= 15 is 0 Å². The maximum absolute atomic E-state index is 10.9. The number of halogens is 1. The Labute approximate surface area is 113 Å². The Morgan fingerprint density at radius 1 is 1.50 bits per heavy atom. The van der Waals surface area contributed by atoms with Crippen LogP contribution in [0.4, 0.5) is 5.69 Å². The SMILES string of the molecule is O=C(O)c1ccc(NCC2COCCO2)cc1Br. The molecule has 98 valence electrons. The average Bonchev–Trinajstić information content (AvgIpc) is 2.37. The molecule has 0 aromatic heterocycles. The summed E-state index contributed by atoms with van der Waals surface area (Å²) >= 11 is 3.24. The van der Waals surface area contributed by atoms with Gasteiger partial charge in [0.2, 0.25) is 0 Å². The molecule has 6 heteroatoms. The minimum atomic E-state index is -0.947. The Morgan fingerprint density at radius 3 is 2.94 bits per heavy atom. The topological polar surface area (TPSA) is 67.8 Å². The maximum atomic E-state index is 10.9. The Balaban J connectivity index is 1.93. The molecule has 1 heterocycles. The van der Waals surface area contributed by atoms with Gasteiger partial charge in [0.15, 0.2) is 0 Å². The van der Waals surface area contributed by atoms with Crippen LogP contribution in [-0.4, -0.2) is 43.5 Å². The van der Waals surface area contributed by atoms with Gasteiger partial charge in [-0.25, -0.2) is 4.79 Å². The fourth-order valence-corrected chi connectivity index (χ4v) is 2.23. The van der Waals surface area contributed by atoms with Crippen LogP contribution in [0.5, 0.6) is 0 Å². The molecule has 1 aliphatic heterocycles. The first-order chi connectivity index (χ1) is 8.66. The molecular weight excluding hydrogens is 302 g/mol. The van der Waals surface area contributed by atoms with E-state index in [1.54, 1.807) is 18.2 Å². The molecule has 0 spiro atoms. The minimum Gasteiger partial charge on any atom is -0.478 e. The predicted molar refractivity (Wildman–Crippen MR) is 70.2 cm³/mol. The predicted octanol–water partition coefficient (Wildman–Crippen LogP) is 1.97. The van der Waals surface area contributed by atoms with E-state index in [0.29, 0.717) is 30.8 Å². The number of anilines is 1. The molecule has 1 fully saturated rings. The first-order valence-corrected chi connectivity index (χ1v) is 6.42. The van der Waals surface area contributed by atoms with Crippen LogP contribution >= 0.6 is 15.9 Å². The molecule has 2 N–H and O–H groups in total. The smallest absolute Gasteiger partial charge is 0.336 e. The zero-order valence-electron chi connectivity index (χ0n) is 9.69. The lowest BCUT2D eigenvalue weighted by atomic mass is 10.2. The molecule has 0 radical (unpaired) electrons. The van der Waals surface area contributed by atoms with Gasteiger partial charge in [0.05, 0.1) is 31.5 Å². The van der Waals surface area contributed by atoms with Gasteiger partial charge in [-0.05, 0) is 34.1 Å². The number of carboxylic acids is 1. The summed E-state index contributed by atoms with van der Waals surface area (Å²) in [5.74, 6) is -0.947. The lowest BCUT2D eigenvalue weighted by Gasteiger charge is -2.23. The summed E-state index contributed by atoms with van der Waals surface area (Å²) in [4.78, 5) is 10.9. The van der Waals surface area contributed by atoms with Gasteiger partial charge in [-0.2, -0.15) is 0 Å². The number of carboxylic acid groups (broad SMARTS) is 1. The molecule has 1 aromatic carbocycles. The van der Waals surface area contributed by atoms with Gasteiger partial charge in [-0.3, -0.25) is 0 Å². The van der Waals surface area contributed by atoms with Crippen molar-refractivity contribution < 1.29 is 19.4 Å². The first kappa shape index (κ1) is 13.3. The van der Waals surface area contributed by atoms with Crippen molar-refractivity contribution in [3.63, 3.8) is 0 Å². The molecule has 18 heavy (non-hydrogen) atoms. The van der Waals surface area contributed by atoms with Gasteiger partial charge in [0, 0.05) is 16.7 Å². The van der Waals surface area contributed by atoms with Crippen LogP contribution in [0.2, 0.25) is 0 Å². The first-order valence-electron chi connectivity index (χ1n) is 5.63. The zero-order valence-corrected chi connectivity index (χ0v) is 11.3. The van der Waals surface area contributed by atoms with Gasteiger partial charge in [0.25, 0.3) is 0 Å². The molecule has 0 amide bonds. The number of hydrogen-bond donors (Lipinski definition) is 2. The number of nitrogens with one attached hydrogen (secondary N) is 1. The summed E-state index contributed by atoms with van der Waals surface area (Å²) in [6.45, 7) is 2.49. The average molecular weight is 316 g/mol. The summed E-state index contributed by atoms with van der Waals surface area (Å²) in [6, 6.07) is 5.04. The standard InChI is InChI=1S/C12H14BrNO4/c13-11-5-8(1-2-10(11)12(15)16)14-6-9-7-17-3-4-18-9/h1-2,5,9,14H,3-4,6-7H2,(H,15,16). The molecule has 5 nitrogen and oxygen atoms in total. The van der Waals surface area contributed by atoms with Gasteiger partial charge >= 0.3 is 5.97 Å². The fourth-order valence-electron chi connectivity index (χ4n) is 1.68. The Morgan fingerprint density at radius 2 is 2.33 bits per heavy atom. The number of rotatable bonds is 4. The van der Waals surface area contributed by atoms with E-state index in [2.05, 4.69) is 21.2 Å². The van der Waals surface area contributed by atoms with Crippen LogP contribution in [0.3, 0.4) is 0 Å². The number of ether oxygens (including phenoxy) is 2. The van der Waals surface area contributed by atoms with Gasteiger partial charge in [-0.1, -0.05) is 0 Å². The number of benzene rings is 1. The van der Waals surface area contributed by atoms with Crippen LogP contribution < -0.4 is 5.32 Å². The highest BCUT2D eigenvalue weighted by molar-refractivity contribution is 9.10. The molecule has 1 saturated heterocycles. The molecule has 1 atom stereocenters. The van der Waals surface area contributed by atoms with Crippen LogP contribution in [-0.2, 0) is 9.47 Å². The van der Waals surface area contributed by atoms with E-state index in [-0.39, 0.29) is 11.7 Å². The third-order valence-electron chi connectivity index (χ3n) is 2.62. The lowest BCUT2D eigenvalue weighted by Crippen LogP contribution is -2.34. The molecular formula is C12H14BrNO4. The van der Waals surface area contributed by atoms with Crippen LogP contribution in [0.25, 0.3) is 0 Å². The van der Waals surface area contributed by atoms with Gasteiger partial charge in [0.1, 0.15) is 0 Å². The van der Waals surface area contributed by atoms with Crippen LogP contribution in [0, 0.1) is 0 Å². The molecule has 1 aromatic rings. The summed E-state index contributed by atoms with van der Waals surface area (Å²) in [5, 5.41) is 12.1. The van der Waals surface area contributed by atoms with Gasteiger partial charge in [-0.15, -0.1) is 0 Å². The maximum Gasteiger partial charge on any atom is 0.336 e. The number of hydrogen-bond acceptors (Lipinski definition) is 4. The third-order valence-corrected chi connectivity index (χ3v) is 3.27. The largest absolute Gasteiger partial charge is 0.478 e. The summed E-state index contributed by atoms with van der Waals surface area (Å²) in [7, 11) is 0. The van der Waals surface area contributed by atoms with Gasteiger partial charge < -0.3 is 19.9 Å². The molecule has 1 unspecified atom stereocenters. The molecule has 1 aliphatic rings. The van der Waals surface area contributed by atoms with E-state index in [4.69, 9.17) is 14.6 Å². The van der Waals surface area contributed by atoms with Crippen molar-refractivity contribution in [3.05, 3.63) is 28.2 Å². The van der Waals surface area contributed by atoms with Crippen LogP contribution in [0.1, 0.15) is 10.4 Å². The van der Waals surface area contributed by atoms with E-state index in [1.165, 1.54) is 0 Å². The highest BCUT2D eigenvalue weighted by Crippen LogP contribution is 2.21. The van der Waals surface area contributed by atoms with Crippen molar-refractivity contribution in [1.82, 2.24) is 0 Å². The highest BCUT2D eigenvalue weighted by Gasteiger charge is 2.14. The van der Waals surface area contributed by atoms with Crippen molar-refractivity contribution in [1.29, 1.82) is 0 Å². The van der Waals surface area contributed by atoms with Crippen LogP contribution in [0.15, 0.2) is 22.7 Å². The number of carbonyl (C=O) groups is 1. The lowest BCUT2D eigenvalue weighted by molar-refractivity contribution is -0.0818. The monoisotopic (exact) mass is 315 g/mol. The Bertz CT molecular complexity index is 432. The van der Waals surface area contributed by atoms with Crippen molar-refractivity contribution in [2.75, 3.05) is 31.7 Å². The van der Waals surface area contributed by atoms with Crippen molar-refractivity contribution in [3.8, 4) is 0 Å². The normalized spacial score (nSPS) is 19.5. The van der Waals surface area contributed by atoms with Crippen molar-refractivity contribution >= 4 is 27.6 Å². The zero-order chi connectivity index (χ0) is 13.0. The fraction of sp³-hybridized carbons (Fsp3) is 0.417. The molecule has 0 bridgehead atoms. The number of aromatic carboxylic acids is 1. The third kappa shape index (κ3) is 3.44. The van der Waals surface area contributed by atoms with Crippen molar-refractivity contribution in [2.24, 2.45) is 0 Å². The van der Waals surface area contributed by atoms with E-state index < -0.39 is 5.97 Å².